The Morgan fingerprint density at radius 3 is 2.25 bits per heavy atom. The molecular formula is C30H55OP. The van der Waals surface area contributed by atoms with E-state index in [4.69, 9.17) is 4.52 Å². The quantitative estimate of drug-likeness (QED) is 0.343. The Bertz CT molecular complexity index is 632. The lowest BCUT2D eigenvalue weighted by Gasteiger charge is -2.63. The molecule has 4 aliphatic carbocycles. The van der Waals surface area contributed by atoms with Crippen molar-refractivity contribution in [1.29, 1.82) is 0 Å². The molecule has 4 rings (SSSR count). The molecule has 0 heterocycles. The van der Waals surface area contributed by atoms with Crippen LogP contribution in [0.1, 0.15) is 119 Å². The monoisotopic (exact) mass is 462 g/mol. The summed E-state index contributed by atoms with van der Waals surface area (Å²) in [6, 6.07) is 0. The number of rotatable bonds is 7. The Morgan fingerprint density at radius 1 is 0.906 bits per heavy atom. The molecule has 0 saturated heterocycles. The standard InChI is InChI=1S/C30H55OP/c1-8-22(19(2)3)10-9-21(5)24-11-12-25-28-26(14-16-30(24,25)7)29(6)15-13-20(4)17-23(29)18-27(28)31-32/h19-28H,8-18,32H2,1-7H3/t20-,21+,22+,23-,24+,25?,26?,27?,28-,29-,30+/m0/s1. The molecule has 0 aliphatic heterocycles. The van der Waals surface area contributed by atoms with Gasteiger partial charge in [-0.1, -0.05) is 67.7 Å². The summed E-state index contributed by atoms with van der Waals surface area (Å²) < 4.78 is 6.28. The van der Waals surface area contributed by atoms with E-state index in [-0.39, 0.29) is 0 Å². The minimum Gasteiger partial charge on any atom is -0.362 e. The fourth-order valence-corrected chi connectivity index (χ4v) is 10.5. The van der Waals surface area contributed by atoms with E-state index in [9.17, 15) is 0 Å². The third kappa shape index (κ3) is 4.27. The fourth-order valence-electron chi connectivity index (χ4n) is 10.2. The molecule has 0 amide bonds. The molecule has 4 fully saturated rings. The Labute approximate surface area is 203 Å². The van der Waals surface area contributed by atoms with E-state index >= 15 is 0 Å². The van der Waals surface area contributed by atoms with Crippen molar-refractivity contribution < 1.29 is 4.52 Å². The van der Waals surface area contributed by atoms with Crippen molar-refractivity contribution in [2.75, 3.05) is 0 Å². The molecule has 12 atom stereocenters. The molecule has 4 unspecified atom stereocenters. The van der Waals surface area contributed by atoms with Crippen molar-refractivity contribution >= 4 is 9.47 Å². The zero-order valence-corrected chi connectivity index (χ0v) is 23.7. The fraction of sp³-hybridized carbons (Fsp3) is 1.00. The minimum atomic E-state index is 0.484. The zero-order valence-electron chi connectivity index (χ0n) is 22.5. The third-order valence-corrected chi connectivity index (χ3v) is 12.7. The zero-order chi connectivity index (χ0) is 23.3. The highest BCUT2D eigenvalue weighted by Crippen LogP contribution is 2.69. The van der Waals surface area contributed by atoms with Crippen LogP contribution in [0.5, 0.6) is 0 Å². The van der Waals surface area contributed by atoms with Gasteiger partial charge in [0.1, 0.15) is 0 Å². The molecule has 32 heavy (non-hydrogen) atoms. The minimum absolute atomic E-state index is 0.484. The van der Waals surface area contributed by atoms with Gasteiger partial charge < -0.3 is 4.52 Å². The summed E-state index contributed by atoms with van der Waals surface area (Å²) in [6.07, 6.45) is 16.3. The van der Waals surface area contributed by atoms with Crippen LogP contribution in [0.2, 0.25) is 0 Å². The summed E-state index contributed by atoms with van der Waals surface area (Å²) in [5.74, 6) is 7.96. The molecule has 0 aromatic rings. The van der Waals surface area contributed by atoms with Crippen molar-refractivity contribution in [3.63, 3.8) is 0 Å². The Morgan fingerprint density at radius 2 is 1.59 bits per heavy atom. The highest BCUT2D eigenvalue weighted by Gasteiger charge is 2.63. The van der Waals surface area contributed by atoms with E-state index in [0.717, 1.165) is 53.3 Å². The first-order chi connectivity index (χ1) is 15.2. The summed E-state index contributed by atoms with van der Waals surface area (Å²) in [6.45, 7) is 17.8. The second-order valence-corrected chi connectivity index (χ2v) is 14.3. The van der Waals surface area contributed by atoms with Gasteiger partial charge in [-0.15, -0.1) is 0 Å². The van der Waals surface area contributed by atoms with Crippen molar-refractivity contribution in [2.45, 2.75) is 125 Å². The van der Waals surface area contributed by atoms with Crippen LogP contribution in [-0.2, 0) is 4.52 Å². The van der Waals surface area contributed by atoms with Gasteiger partial charge in [0.15, 0.2) is 0 Å². The van der Waals surface area contributed by atoms with Gasteiger partial charge in [0, 0.05) is 9.47 Å². The predicted molar refractivity (Wildman–Crippen MR) is 141 cm³/mol. The first-order valence-electron chi connectivity index (χ1n) is 14.5. The first-order valence-corrected chi connectivity index (χ1v) is 15.0. The van der Waals surface area contributed by atoms with Crippen LogP contribution in [0, 0.1) is 64.1 Å². The molecule has 4 saturated carbocycles. The smallest absolute Gasteiger partial charge is 0.0647 e. The van der Waals surface area contributed by atoms with Gasteiger partial charge in [0.2, 0.25) is 0 Å². The highest BCUT2D eigenvalue weighted by molar-refractivity contribution is 7.09. The predicted octanol–water partition coefficient (Wildman–Crippen LogP) is 9.17. The maximum absolute atomic E-state index is 6.28. The SMILES string of the molecule is CC[C@H](CC[C@@H](C)[C@H]1CCC2[C@@H]3C(OP)C[C@@H]4C[C@@H](C)CC[C@]4(C)C3CC[C@@]21C)C(C)C. The first kappa shape index (κ1) is 25.5. The molecule has 186 valence electrons. The molecule has 0 aromatic heterocycles. The number of hydrogen-bond donors (Lipinski definition) is 0. The Kier molecular flexibility index (Phi) is 7.80. The van der Waals surface area contributed by atoms with Crippen LogP contribution in [0.15, 0.2) is 0 Å². The van der Waals surface area contributed by atoms with Crippen LogP contribution in [0.3, 0.4) is 0 Å². The molecule has 0 bridgehead atoms. The van der Waals surface area contributed by atoms with E-state index in [1.54, 1.807) is 0 Å². The maximum Gasteiger partial charge on any atom is 0.0647 e. The average Bonchev–Trinajstić information content (AvgIpc) is 3.11. The molecule has 2 heteroatoms. The van der Waals surface area contributed by atoms with Gasteiger partial charge in [-0.25, -0.2) is 0 Å². The van der Waals surface area contributed by atoms with Crippen LogP contribution in [-0.4, -0.2) is 6.10 Å². The molecule has 1 nitrogen and oxygen atoms in total. The molecule has 4 aliphatic rings. The van der Waals surface area contributed by atoms with E-state index in [1.807, 2.05) is 0 Å². The second-order valence-electron chi connectivity index (χ2n) is 14.0. The van der Waals surface area contributed by atoms with E-state index in [1.165, 1.54) is 70.6 Å². The van der Waals surface area contributed by atoms with Crippen LogP contribution in [0.25, 0.3) is 0 Å². The van der Waals surface area contributed by atoms with E-state index in [0.29, 0.717) is 16.9 Å². The van der Waals surface area contributed by atoms with Gasteiger partial charge >= 0.3 is 0 Å². The molecule has 0 radical (unpaired) electrons. The summed E-state index contributed by atoms with van der Waals surface area (Å²) >= 11 is 0. The van der Waals surface area contributed by atoms with E-state index < -0.39 is 0 Å². The van der Waals surface area contributed by atoms with Crippen molar-refractivity contribution in [1.82, 2.24) is 0 Å². The Balaban J connectivity index is 1.52. The summed E-state index contributed by atoms with van der Waals surface area (Å²) in [5, 5.41) is 0. The summed E-state index contributed by atoms with van der Waals surface area (Å²) in [7, 11) is 2.71. The molecule has 0 N–H and O–H groups in total. The van der Waals surface area contributed by atoms with Crippen LogP contribution in [0.4, 0.5) is 0 Å². The maximum atomic E-state index is 6.28. The number of hydrogen-bond acceptors (Lipinski definition) is 1. The summed E-state index contributed by atoms with van der Waals surface area (Å²) in [5.41, 5.74) is 1.13. The van der Waals surface area contributed by atoms with E-state index in [2.05, 4.69) is 57.9 Å². The van der Waals surface area contributed by atoms with Gasteiger partial charge in [-0.2, -0.15) is 0 Å². The molecular weight excluding hydrogens is 407 g/mol. The van der Waals surface area contributed by atoms with Gasteiger partial charge in [0.25, 0.3) is 0 Å². The van der Waals surface area contributed by atoms with Gasteiger partial charge in [0.05, 0.1) is 6.10 Å². The average molecular weight is 463 g/mol. The third-order valence-electron chi connectivity index (χ3n) is 12.3. The van der Waals surface area contributed by atoms with Gasteiger partial charge in [-0.05, 0) is 115 Å². The molecule has 0 spiro atoms. The summed E-state index contributed by atoms with van der Waals surface area (Å²) in [4.78, 5) is 0. The largest absolute Gasteiger partial charge is 0.362 e. The van der Waals surface area contributed by atoms with Gasteiger partial charge in [-0.3, -0.25) is 0 Å². The number of fused-ring (bicyclic) bond motifs is 5. The highest BCUT2D eigenvalue weighted by atomic mass is 31.0. The normalized spacial score (nSPS) is 48.1. The van der Waals surface area contributed by atoms with Crippen molar-refractivity contribution in [3.05, 3.63) is 0 Å². The molecule has 0 aromatic carbocycles. The van der Waals surface area contributed by atoms with Crippen molar-refractivity contribution in [3.8, 4) is 0 Å². The second kappa shape index (κ2) is 9.80. The lowest BCUT2D eigenvalue weighted by molar-refractivity contribution is -0.159. The topological polar surface area (TPSA) is 9.23 Å². The lowest BCUT2D eigenvalue weighted by Crippen LogP contribution is -2.58. The van der Waals surface area contributed by atoms with Crippen LogP contribution >= 0.6 is 9.47 Å². The Hall–Kier alpha value is 0.390. The van der Waals surface area contributed by atoms with Crippen LogP contribution < -0.4 is 0 Å². The van der Waals surface area contributed by atoms with Crippen molar-refractivity contribution in [2.24, 2.45) is 64.1 Å². The lowest BCUT2D eigenvalue weighted by atomic mass is 9.43.